The molecule has 2 amide bonds. The molecule has 2 aliphatic heterocycles. The molecule has 1 aromatic rings. The second-order valence-electron chi connectivity index (χ2n) is 6.15. The number of piperidine rings is 1. The topological polar surface area (TPSA) is 61.4 Å². The quantitative estimate of drug-likeness (QED) is 0.885. The molecule has 5 nitrogen and oxygen atoms in total. The molecule has 0 saturated carbocycles. The van der Waals surface area contributed by atoms with Gasteiger partial charge in [0.25, 0.3) is 0 Å². The summed E-state index contributed by atoms with van der Waals surface area (Å²) in [5.41, 5.74) is 1.93. The number of hydrogen-bond donors (Lipinski definition) is 2. The SMILES string of the molecule is Cl.O=C(Nc1ccc(CN2CCCC2=O)cc1)C1CCCNC1. The molecule has 6 heteroatoms. The van der Waals surface area contributed by atoms with Crippen molar-refractivity contribution in [3.05, 3.63) is 29.8 Å². The molecule has 1 unspecified atom stereocenters. The van der Waals surface area contributed by atoms with Crippen LogP contribution in [0.5, 0.6) is 0 Å². The van der Waals surface area contributed by atoms with E-state index in [2.05, 4.69) is 10.6 Å². The third-order valence-electron chi connectivity index (χ3n) is 4.43. The summed E-state index contributed by atoms with van der Waals surface area (Å²) in [6.45, 7) is 3.29. The number of likely N-dealkylation sites (tertiary alicyclic amines) is 1. The fraction of sp³-hybridized carbons (Fsp3) is 0.529. The smallest absolute Gasteiger partial charge is 0.228 e. The van der Waals surface area contributed by atoms with Crippen LogP contribution in [0.2, 0.25) is 0 Å². The summed E-state index contributed by atoms with van der Waals surface area (Å²) in [6.07, 6.45) is 3.64. The zero-order valence-corrected chi connectivity index (χ0v) is 14.0. The first-order chi connectivity index (χ1) is 10.7. The first-order valence-corrected chi connectivity index (χ1v) is 8.11. The number of rotatable bonds is 4. The first kappa shape index (κ1) is 17.8. The van der Waals surface area contributed by atoms with Crippen LogP contribution in [0.15, 0.2) is 24.3 Å². The van der Waals surface area contributed by atoms with Gasteiger partial charge in [-0.3, -0.25) is 9.59 Å². The van der Waals surface area contributed by atoms with Gasteiger partial charge in [-0.25, -0.2) is 0 Å². The zero-order chi connectivity index (χ0) is 15.4. The van der Waals surface area contributed by atoms with Gasteiger partial charge in [0.15, 0.2) is 0 Å². The average molecular weight is 338 g/mol. The van der Waals surface area contributed by atoms with Crippen LogP contribution in [0.3, 0.4) is 0 Å². The molecule has 2 saturated heterocycles. The fourth-order valence-corrected chi connectivity index (χ4v) is 3.10. The van der Waals surface area contributed by atoms with Crippen LogP contribution in [-0.2, 0) is 16.1 Å². The molecular weight excluding hydrogens is 314 g/mol. The van der Waals surface area contributed by atoms with Gasteiger partial charge < -0.3 is 15.5 Å². The largest absolute Gasteiger partial charge is 0.338 e. The summed E-state index contributed by atoms with van der Waals surface area (Å²) in [5.74, 6) is 0.396. The predicted molar refractivity (Wildman–Crippen MR) is 92.6 cm³/mol. The maximum absolute atomic E-state index is 12.2. The van der Waals surface area contributed by atoms with Gasteiger partial charge in [-0.2, -0.15) is 0 Å². The van der Waals surface area contributed by atoms with Crippen LogP contribution >= 0.6 is 12.4 Å². The van der Waals surface area contributed by atoms with Crippen molar-refractivity contribution in [1.29, 1.82) is 0 Å². The van der Waals surface area contributed by atoms with E-state index in [0.717, 1.165) is 50.1 Å². The van der Waals surface area contributed by atoms with E-state index < -0.39 is 0 Å². The van der Waals surface area contributed by atoms with Gasteiger partial charge in [0.2, 0.25) is 11.8 Å². The van der Waals surface area contributed by atoms with E-state index in [1.165, 1.54) is 0 Å². The Kier molecular flexibility index (Phi) is 6.42. The number of nitrogens with one attached hydrogen (secondary N) is 2. The molecule has 2 N–H and O–H groups in total. The number of carbonyl (C=O) groups excluding carboxylic acids is 2. The lowest BCUT2D eigenvalue weighted by Crippen LogP contribution is -2.37. The van der Waals surface area contributed by atoms with E-state index in [9.17, 15) is 9.59 Å². The number of halogens is 1. The summed E-state index contributed by atoms with van der Waals surface area (Å²) >= 11 is 0. The Hall–Kier alpha value is -1.59. The number of amides is 2. The third-order valence-corrected chi connectivity index (χ3v) is 4.43. The van der Waals surface area contributed by atoms with Crippen molar-refractivity contribution in [3.8, 4) is 0 Å². The molecule has 0 spiro atoms. The number of hydrogen-bond acceptors (Lipinski definition) is 3. The standard InChI is InChI=1S/C17H23N3O2.ClH/c21-16-4-2-10-20(16)12-13-5-7-15(8-6-13)19-17(22)14-3-1-9-18-11-14;/h5-8,14,18H,1-4,9-12H2,(H,19,22);1H. The van der Waals surface area contributed by atoms with Crippen LogP contribution in [0.1, 0.15) is 31.2 Å². The lowest BCUT2D eigenvalue weighted by atomic mass is 9.99. The second-order valence-corrected chi connectivity index (χ2v) is 6.15. The summed E-state index contributed by atoms with van der Waals surface area (Å²) in [7, 11) is 0. The normalized spacial score (nSPS) is 21.0. The Bertz CT molecular complexity index is 541. The number of carbonyl (C=O) groups is 2. The zero-order valence-electron chi connectivity index (χ0n) is 13.2. The fourth-order valence-electron chi connectivity index (χ4n) is 3.10. The molecule has 0 radical (unpaired) electrons. The Balaban J connectivity index is 0.00000192. The second kappa shape index (κ2) is 8.31. The van der Waals surface area contributed by atoms with Crippen molar-refractivity contribution in [1.82, 2.24) is 10.2 Å². The lowest BCUT2D eigenvalue weighted by Gasteiger charge is -2.22. The highest BCUT2D eigenvalue weighted by molar-refractivity contribution is 5.92. The molecule has 23 heavy (non-hydrogen) atoms. The summed E-state index contributed by atoms with van der Waals surface area (Å²) in [6, 6.07) is 7.81. The van der Waals surface area contributed by atoms with Crippen molar-refractivity contribution >= 4 is 29.9 Å². The maximum atomic E-state index is 12.2. The van der Waals surface area contributed by atoms with E-state index in [-0.39, 0.29) is 30.1 Å². The Morgan fingerprint density at radius 1 is 1.26 bits per heavy atom. The highest BCUT2D eigenvalue weighted by Crippen LogP contribution is 2.18. The minimum Gasteiger partial charge on any atom is -0.338 e. The van der Waals surface area contributed by atoms with Gasteiger partial charge in [0.1, 0.15) is 0 Å². The molecule has 1 atom stereocenters. The highest BCUT2D eigenvalue weighted by Gasteiger charge is 2.21. The van der Waals surface area contributed by atoms with Gasteiger partial charge in [0, 0.05) is 31.7 Å². The van der Waals surface area contributed by atoms with E-state index >= 15 is 0 Å². The van der Waals surface area contributed by atoms with Gasteiger partial charge in [-0.1, -0.05) is 12.1 Å². The minimum atomic E-state index is 0. The van der Waals surface area contributed by atoms with Crippen molar-refractivity contribution in [3.63, 3.8) is 0 Å². The monoisotopic (exact) mass is 337 g/mol. The lowest BCUT2D eigenvalue weighted by molar-refractivity contribution is -0.128. The molecule has 0 aromatic heterocycles. The van der Waals surface area contributed by atoms with Crippen LogP contribution in [0.25, 0.3) is 0 Å². The van der Waals surface area contributed by atoms with Crippen molar-refractivity contribution in [2.75, 3.05) is 25.0 Å². The van der Waals surface area contributed by atoms with E-state index in [1.54, 1.807) is 0 Å². The summed E-state index contributed by atoms with van der Waals surface area (Å²) in [4.78, 5) is 25.7. The molecule has 2 fully saturated rings. The number of benzene rings is 1. The Labute approximate surface area is 143 Å². The van der Waals surface area contributed by atoms with Gasteiger partial charge in [0.05, 0.1) is 5.92 Å². The van der Waals surface area contributed by atoms with Crippen molar-refractivity contribution in [2.24, 2.45) is 5.92 Å². The van der Waals surface area contributed by atoms with Crippen LogP contribution in [0, 0.1) is 5.92 Å². The average Bonchev–Trinajstić information content (AvgIpc) is 2.95. The molecule has 0 bridgehead atoms. The molecule has 0 aliphatic carbocycles. The predicted octanol–water partition coefficient (Wildman–Crippen LogP) is 2.17. The summed E-state index contributed by atoms with van der Waals surface area (Å²) in [5, 5.41) is 6.24. The van der Waals surface area contributed by atoms with Gasteiger partial charge in [-0.15, -0.1) is 12.4 Å². The molecule has 1 aromatic carbocycles. The minimum absolute atomic E-state index is 0. The third kappa shape index (κ3) is 4.69. The highest BCUT2D eigenvalue weighted by atomic mass is 35.5. The Morgan fingerprint density at radius 3 is 2.65 bits per heavy atom. The van der Waals surface area contributed by atoms with Gasteiger partial charge in [-0.05, 0) is 43.5 Å². The molecule has 2 heterocycles. The van der Waals surface area contributed by atoms with Crippen LogP contribution in [-0.4, -0.2) is 36.3 Å². The molecular formula is C17H24ClN3O2. The molecule has 126 valence electrons. The Morgan fingerprint density at radius 2 is 2.04 bits per heavy atom. The molecule has 3 rings (SSSR count). The van der Waals surface area contributed by atoms with Crippen molar-refractivity contribution < 1.29 is 9.59 Å². The molecule has 2 aliphatic rings. The van der Waals surface area contributed by atoms with E-state index in [1.807, 2.05) is 29.2 Å². The first-order valence-electron chi connectivity index (χ1n) is 8.11. The summed E-state index contributed by atoms with van der Waals surface area (Å²) < 4.78 is 0. The number of nitrogens with zero attached hydrogens (tertiary/aromatic N) is 1. The maximum Gasteiger partial charge on any atom is 0.228 e. The van der Waals surface area contributed by atoms with Crippen LogP contribution < -0.4 is 10.6 Å². The van der Waals surface area contributed by atoms with Crippen molar-refractivity contribution in [2.45, 2.75) is 32.2 Å². The van der Waals surface area contributed by atoms with E-state index in [0.29, 0.717) is 13.0 Å². The van der Waals surface area contributed by atoms with Gasteiger partial charge >= 0.3 is 0 Å². The number of anilines is 1. The van der Waals surface area contributed by atoms with Crippen LogP contribution in [0.4, 0.5) is 5.69 Å². The van der Waals surface area contributed by atoms with E-state index in [4.69, 9.17) is 0 Å².